The van der Waals surface area contributed by atoms with Crippen molar-refractivity contribution in [1.82, 2.24) is 0 Å². The molecule has 1 aromatic carbocycles. The van der Waals surface area contributed by atoms with E-state index in [0.717, 1.165) is 11.1 Å². The molecule has 0 aliphatic carbocycles. The van der Waals surface area contributed by atoms with Crippen LogP contribution in [0.2, 0.25) is 0 Å². The van der Waals surface area contributed by atoms with Crippen molar-refractivity contribution in [3.63, 3.8) is 0 Å². The SMILES string of the molecule is C/C(=C/c1ccc(O)cc1)CC(=O)O. The fourth-order valence-corrected chi connectivity index (χ4v) is 1.14. The summed E-state index contributed by atoms with van der Waals surface area (Å²) >= 11 is 0. The van der Waals surface area contributed by atoms with Gasteiger partial charge in [-0.3, -0.25) is 4.79 Å². The van der Waals surface area contributed by atoms with E-state index in [-0.39, 0.29) is 12.2 Å². The third-order valence-electron chi connectivity index (χ3n) is 1.74. The molecule has 14 heavy (non-hydrogen) atoms. The third-order valence-corrected chi connectivity index (χ3v) is 1.74. The first-order valence-corrected chi connectivity index (χ1v) is 4.26. The predicted molar refractivity (Wildman–Crippen MR) is 54.0 cm³/mol. The van der Waals surface area contributed by atoms with E-state index < -0.39 is 5.97 Å². The van der Waals surface area contributed by atoms with Gasteiger partial charge in [0, 0.05) is 0 Å². The normalized spacial score (nSPS) is 11.4. The van der Waals surface area contributed by atoms with Crippen molar-refractivity contribution in [3.05, 3.63) is 35.4 Å². The molecule has 3 nitrogen and oxygen atoms in total. The molecule has 0 unspecified atom stereocenters. The summed E-state index contributed by atoms with van der Waals surface area (Å²) in [5.74, 6) is -0.629. The van der Waals surface area contributed by atoms with Gasteiger partial charge in [-0.25, -0.2) is 0 Å². The van der Waals surface area contributed by atoms with E-state index in [9.17, 15) is 4.79 Å². The minimum Gasteiger partial charge on any atom is -0.508 e. The number of hydrogen-bond acceptors (Lipinski definition) is 2. The summed E-state index contributed by atoms with van der Waals surface area (Å²) in [7, 11) is 0. The van der Waals surface area contributed by atoms with Gasteiger partial charge in [0.15, 0.2) is 0 Å². The van der Waals surface area contributed by atoms with Crippen LogP contribution in [0.1, 0.15) is 18.9 Å². The number of carboxylic acids is 1. The molecule has 0 aliphatic rings. The second-order valence-corrected chi connectivity index (χ2v) is 3.15. The Morgan fingerprint density at radius 3 is 2.43 bits per heavy atom. The monoisotopic (exact) mass is 192 g/mol. The lowest BCUT2D eigenvalue weighted by Crippen LogP contribution is -1.94. The molecular formula is C11H12O3. The molecule has 0 radical (unpaired) electrons. The first-order valence-electron chi connectivity index (χ1n) is 4.26. The van der Waals surface area contributed by atoms with Gasteiger partial charge in [-0.05, 0) is 24.6 Å². The third kappa shape index (κ3) is 3.31. The van der Waals surface area contributed by atoms with Crippen LogP contribution in [0.5, 0.6) is 5.75 Å². The summed E-state index contributed by atoms with van der Waals surface area (Å²) in [5.41, 5.74) is 1.67. The molecule has 3 heteroatoms. The van der Waals surface area contributed by atoms with Crippen LogP contribution in [0.4, 0.5) is 0 Å². The average molecular weight is 192 g/mol. The van der Waals surface area contributed by atoms with Gasteiger partial charge in [-0.2, -0.15) is 0 Å². The topological polar surface area (TPSA) is 57.5 Å². The van der Waals surface area contributed by atoms with Gasteiger partial charge in [0.25, 0.3) is 0 Å². The molecule has 0 fully saturated rings. The standard InChI is InChI=1S/C11H12O3/c1-8(7-11(13)14)6-9-2-4-10(12)5-3-9/h2-6,12H,7H2,1H3,(H,13,14)/b8-6-. The van der Waals surface area contributed by atoms with E-state index in [2.05, 4.69) is 0 Å². The first-order chi connectivity index (χ1) is 6.58. The van der Waals surface area contributed by atoms with Crippen LogP contribution in [0, 0.1) is 0 Å². The minimum absolute atomic E-state index is 0.0425. The van der Waals surface area contributed by atoms with Crippen molar-refractivity contribution >= 4 is 12.0 Å². The van der Waals surface area contributed by atoms with Gasteiger partial charge >= 0.3 is 5.97 Å². The van der Waals surface area contributed by atoms with Crippen LogP contribution in [0.15, 0.2) is 29.8 Å². The molecule has 1 rings (SSSR count). The van der Waals surface area contributed by atoms with Crippen molar-refractivity contribution < 1.29 is 15.0 Å². The summed E-state index contributed by atoms with van der Waals surface area (Å²) in [6.45, 7) is 1.76. The second kappa shape index (κ2) is 4.46. The minimum atomic E-state index is -0.836. The Bertz CT molecular complexity index is 349. The maximum atomic E-state index is 10.4. The maximum Gasteiger partial charge on any atom is 0.307 e. The van der Waals surface area contributed by atoms with E-state index in [0.29, 0.717) is 0 Å². The van der Waals surface area contributed by atoms with Gasteiger partial charge in [-0.1, -0.05) is 23.8 Å². The summed E-state index contributed by atoms with van der Waals surface area (Å²) in [4.78, 5) is 10.4. The second-order valence-electron chi connectivity index (χ2n) is 3.15. The molecule has 0 bridgehead atoms. The number of carbonyl (C=O) groups is 1. The van der Waals surface area contributed by atoms with Crippen molar-refractivity contribution in [1.29, 1.82) is 0 Å². The van der Waals surface area contributed by atoms with Gasteiger partial charge in [0.05, 0.1) is 6.42 Å². The zero-order valence-corrected chi connectivity index (χ0v) is 7.90. The molecule has 0 amide bonds. The van der Waals surface area contributed by atoms with Crippen LogP contribution in [0.25, 0.3) is 6.08 Å². The van der Waals surface area contributed by atoms with Crippen molar-refractivity contribution in [2.45, 2.75) is 13.3 Å². The molecule has 2 N–H and O–H groups in total. The average Bonchev–Trinajstić information content (AvgIpc) is 2.07. The Morgan fingerprint density at radius 1 is 1.36 bits per heavy atom. The van der Waals surface area contributed by atoms with Crippen molar-refractivity contribution in [2.75, 3.05) is 0 Å². The molecule has 0 spiro atoms. The van der Waals surface area contributed by atoms with Crippen molar-refractivity contribution in [3.8, 4) is 5.75 Å². The van der Waals surface area contributed by atoms with Crippen molar-refractivity contribution in [2.24, 2.45) is 0 Å². The summed E-state index contributed by atoms with van der Waals surface area (Å²) < 4.78 is 0. The smallest absolute Gasteiger partial charge is 0.307 e. The van der Waals surface area contributed by atoms with Crippen LogP contribution in [0.3, 0.4) is 0 Å². The zero-order valence-electron chi connectivity index (χ0n) is 7.90. The Hall–Kier alpha value is -1.77. The fourth-order valence-electron chi connectivity index (χ4n) is 1.14. The zero-order chi connectivity index (χ0) is 10.6. The van der Waals surface area contributed by atoms with Crippen LogP contribution < -0.4 is 0 Å². The van der Waals surface area contributed by atoms with E-state index >= 15 is 0 Å². The van der Waals surface area contributed by atoms with Crippen LogP contribution >= 0.6 is 0 Å². The number of aliphatic carboxylic acids is 1. The molecule has 0 atom stereocenters. The van der Waals surface area contributed by atoms with Gasteiger partial charge < -0.3 is 10.2 Å². The Labute approximate surface area is 82.3 Å². The van der Waals surface area contributed by atoms with E-state index in [1.54, 1.807) is 37.3 Å². The number of aromatic hydroxyl groups is 1. The first kappa shape index (κ1) is 10.3. The highest BCUT2D eigenvalue weighted by Gasteiger charge is 1.98. The molecule has 1 aromatic rings. The number of carboxylic acid groups (broad SMARTS) is 1. The van der Waals surface area contributed by atoms with Gasteiger partial charge in [0.1, 0.15) is 5.75 Å². The molecule has 0 heterocycles. The number of rotatable bonds is 3. The number of phenolic OH excluding ortho intramolecular Hbond substituents is 1. The molecule has 0 aromatic heterocycles. The summed E-state index contributed by atoms with van der Waals surface area (Å²) in [6, 6.07) is 6.61. The van der Waals surface area contributed by atoms with E-state index in [1.165, 1.54) is 0 Å². The van der Waals surface area contributed by atoms with Crippen LogP contribution in [-0.4, -0.2) is 16.2 Å². The molecule has 0 aliphatic heterocycles. The number of benzene rings is 1. The lowest BCUT2D eigenvalue weighted by molar-refractivity contribution is -0.136. The highest BCUT2D eigenvalue weighted by molar-refractivity contribution is 5.72. The maximum absolute atomic E-state index is 10.4. The lowest BCUT2D eigenvalue weighted by Gasteiger charge is -1.97. The Morgan fingerprint density at radius 2 is 1.93 bits per heavy atom. The number of phenols is 1. The highest BCUT2D eigenvalue weighted by atomic mass is 16.4. The lowest BCUT2D eigenvalue weighted by atomic mass is 10.1. The summed E-state index contributed by atoms with van der Waals surface area (Å²) in [5, 5.41) is 17.5. The Kier molecular flexibility index (Phi) is 3.29. The fraction of sp³-hybridized carbons (Fsp3) is 0.182. The summed E-state index contributed by atoms with van der Waals surface area (Å²) in [6.07, 6.45) is 1.83. The molecule has 0 saturated carbocycles. The molecular weight excluding hydrogens is 180 g/mol. The predicted octanol–water partition coefficient (Wildman–Crippen LogP) is 2.27. The largest absolute Gasteiger partial charge is 0.508 e. The molecule has 0 saturated heterocycles. The quantitative estimate of drug-likeness (QED) is 0.772. The number of hydrogen-bond donors (Lipinski definition) is 2. The van der Waals surface area contributed by atoms with Crippen LogP contribution in [-0.2, 0) is 4.79 Å². The van der Waals surface area contributed by atoms with E-state index in [1.807, 2.05) is 0 Å². The molecule has 74 valence electrons. The van der Waals surface area contributed by atoms with E-state index in [4.69, 9.17) is 10.2 Å². The van der Waals surface area contributed by atoms with Gasteiger partial charge in [0.2, 0.25) is 0 Å². The highest BCUT2D eigenvalue weighted by Crippen LogP contribution is 2.13. The van der Waals surface area contributed by atoms with Gasteiger partial charge in [-0.15, -0.1) is 0 Å². The Balaban J connectivity index is 2.76.